The minimum atomic E-state index is -0.450. The van der Waals surface area contributed by atoms with Gasteiger partial charge in [0.2, 0.25) is 0 Å². The van der Waals surface area contributed by atoms with Crippen molar-refractivity contribution in [3.8, 4) is 22.6 Å². The zero-order valence-electron chi connectivity index (χ0n) is 22.9. The maximum Gasteiger partial charge on any atom is 0.169 e. The van der Waals surface area contributed by atoms with Crippen molar-refractivity contribution >= 4 is 13.2 Å². The quantitative estimate of drug-likeness (QED) is 0.373. The van der Waals surface area contributed by atoms with E-state index in [1.807, 2.05) is 0 Å². The van der Waals surface area contributed by atoms with Gasteiger partial charge in [0.05, 0.1) is 27.4 Å². The van der Waals surface area contributed by atoms with Gasteiger partial charge >= 0.3 is 0 Å². The molecule has 0 amide bonds. The second-order valence-electron chi connectivity index (χ2n) is 10.8. The van der Waals surface area contributed by atoms with Crippen LogP contribution >= 0.6 is 7.92 Å². The third-order valence-corrected chi connectivity index (χ3v) is 10.2. The van der Waals surface area contributed by atoms with E-state index >= 15 is 0 Å². The Labute approximate surface area is 213 Å². The summed E-state index contributed by atoms with van der Waals surface area (Å²) in [7, 11) is 3.15. The Morgan fingerprint density at radius 1 is 0.743 bits per heavy atom. The number of hydrogen-bond acceptors (Lipinski definition) is 4. The van der Waals surface area contributed by atoms with Crippen molar-refractivity contribution in [2.75, 3.05) is 39.8 Å². The summed E-state index contributed by atoms with van der Waals surface area (Å²) < 4.78 is 24.2. The van der Waals surface area contributed by atoms with Gasteiger partial charge in [-0.1, -0.05) is 61.6 Å². The summed E-state index contributed by atoms with van der Waals surface area (Å²) in [5.74, 6) is 2.83. The normalized spacial score (nSPS) is 18.3. The van der Waals surface area contributed by atoms with E-state index in [-0.39, 0.29) is 5.79 Å². The average Bonchev–Trinajstić information content (AvgIpc) is 3.30. The van der Waals surface area contributed by atoms with Gasteiger partial charge in [0.1, 0.15) is 11.5 Å². The Balaban J connectivity index is 1.95. The molecular formula is C30H43O4P. The molecule has 35 heavy (non-hydrogen) atoms. The topological polar surface area (TPSA) is 36.9 Å². The van der Waals surface area contributed by atoms with E-state index in [0.29, 0.717) is 31.0 Å². The lowest BCUT2D eigenvalue weighted by molar-refractivity contribution is -0.161. The molecule has 0 bridgehead atoms. The summed E-state index contributed by atoms with van der Waals surface area (Å²) in [5, 5.41) is 1.34. The monoisotopic (exact) mass is 498 g/mol. The van der Waals surface area contributed by atoms with Gasteiger partial charge in [0.25, 0.3) is 0 Å². The molecule has 0 aromatic heterocycles. The Morgan fingerprint density at radius 2 is 1.26 bits per heavy atom. The zero-order chi connectivity index (χ0) is 25.3. The van der Waals surface area contributed by atoms with E-state index < -0.39 is 7.92 Å². The number of rotatable bonds is 7. The molecule has 2 heterocycles. The molecule has 0 aliphatic carbocycles. The van der Waals surface area contributed by atoms with Gasteiger partial charge in [-0.15, -0.1) is 0 Å². The minimum Gasteiger partial charge on any atom is -0.496 e. The van der Waals surface area contributed by atoms with Crippen LogP contribution in [0.25, 0.3) is 11.1 Å². The first-order valence-electron chi connectivity index (χ1n) is 13.2. The van der Waals surface area contributed by atoms with Gasteiger partial charge in [0.15, 0.2) is 5.79 Å². The van der Waals surface area contributed by atoms with E-state index in [9.17, 15) is 0 Å². The smallest absolute Gasteiger partial charge is 0.169 e. The summed E-state index contributed by atoms with van der Waals surface area (Å²) in [4.78, 5) is 0. The van der Waals surface area contributed by atoms with Crippen LogP contribution in [0.2, 0.25) is 0 Å². The van der Waals surface area contributed by atoms with Crippen LogP contribution in [0.4, 0.5) is 0 Å². The molecule has 5 heteroatoms. The lowest BCUT2D eigenvalue weighted by atomic mass is 9.81. The first kappa shape index (κ1) is 26.5. The predicted molar refractivity (Wildman–Crippen MR) is 147 cm³/mol. The maximum absolute atomic E-state index is 6.08. The number of hydrogen-bond donors (Lipinski definition) is 0. The first-order chi connectivity index (χ1) is 16.7. The molecule has 2 fully saturated rings. The fourth-order valence-electron chi connectivity index (χ4n) is 5.55. The molecule has 0 radical (unpaired) electrons. The molecule has 1 spiro atoms. The maximum atomic E-state index is 6.08. The molecule has 0 unspecified atom stereocenters. The fourth-order valence-corrected chi connectivity index (χ4v) is 8.45. The van der Waals surface area contributed by atoms with Crippen molar-refractivity contribution in [3.05, 3.63) is 41.0 Å². The Kier molecular flexibility index (Phi) is 8.15. The second kappa shape index (κ2) is 10.8. The first-order valence-corrected chi connectivity index (χ1v) is 14.9. The van der Waals surface area contributed by atoms with E-state index in [2.05, 4.69) is 65.8 Å². The Morgan fingerprint density at radius 3 is 1.71 bits per heavy atom. The summed E-state index contributed by atoms with van der Waals surface area (Å²) in [6.07, 6.45) is 4.03. The molecule has 0 N–H and O–H groups in total. The largest absolute Gasteiger partial charge is 0.496 e. The molecule has 2 aromatic carbocycles. The van der Waals surface area contributed by atoms with Crippen LogP contribution in [0.5, 0.6) is 11.5 Å². The second-order valence-corrected chi connectivity index (χ2v) is 13.2. The molecule has 2 aromatic rings. The third-order valence-electron chi connectivity index (χ3n) is 7.58. The van der Waals surface area contributed by atoms with Crippen LogP contribution in [0.1, 0.15) is 88.8 Å². The third kappa shape index (κ3) is 5.13. The van der Waals surface area contributed by atoms with E-state index in [0.717, 1.165) is 36.7 Å². The van der Waals surface area contributed by atoms with Crippen LogP contribution in [-0.2, 0) is 9.47 Å². The highest BCUT2D eigenvalue weighted by molar-refractivity contribution is 7.66. The van der Waals surface area contributed by atoms with Crippen LogP contribution in [0.3, 0.4) is 0 Å². The SMILES string of the molecule is COc1ccc(OC)c(P2CCC3(CC2)OCCO3)c1-c1c(C(C)C)cc(C(C)C)cc1C(C)C. The lowest BCUT2D eigenvalue weighted by Gasteiger charge is -2.37. The number of ether oxygens (including phenoxy) is 4. The van der Waals surface area contributed by atoms with Gasteiger partial charge in [-0.25, -0.2) is 0 Å². The minimum absolute atomic E-state index is 0.365. The lowest BCUT2D eigenvalue weighted by Crippen LogP contribution is -2.36. The molecule has 2 saturated heterocycles. The predicted octanol–water partition coefficient (Wildman–Crippen LogP) is 7.39. The van der Waals surface area contributed by atoms with Crippen molar-refractivity contribution in [2.24, 2.45) is 0 Å². The molecule has 192 valence electrons. The van der Waals surface area contributed by atoms with Gasteiger partial charge < -0.3 is 18.9 Å². The van der Waals surface area contributed by atoms with Gasteiger partial charge in [0, 0.05) is 23.7 Å². The van der Waals surface area contributed by atoms with Crippen LogP contribution in [0, 0.1) is 0 Å². The summed E-state index contributed by atoms with van der Waals surface area (Å²) >= 11 is 0. The Bertz CT molecular complexity index is 998. The Hall–Kier alpha value is -1.61. The van der Waals surface area contributed by atoms with Crippen molar-refractivity contribution in [2.45, 2.75) is 77.9 Å². The zero-order valence-corrected chi connectivity index (χ0v) is 23.8. The molecule has 0 atom stereocenters. The summed E-state index contributed by atoms with van der Waals surface area (Å²) in [6.45, 7) is 15.2. The van der Waals surface area contributed by atoms with E-state index in [1.54, 1.807) is 14.2 Å². The molecule has 4 rings (SSSR count). The van der Waals surface area contributed by atoms with Gasteiger partial charge in [-0.3, -0.25) is 0 Å². The highest BCUT2D eigenvalue weighted by atomic mass is 31.1. The summed E-state index contributed by atoms with van der Waals surface area (Å²) in [6, 6.07) is 9.05. The van der Waals surface area contributed by atoms with Crippen molar-refractivity contribution in [3.63, 3.8) is 0 Å². The summed E-state index contributed by atoms with van der Waals surface area (Å²) in [5.41, 5.74) is 6.80. The molecular weight excluding hydrogens is 455 g/mol. The highest BCUT2D eigenvalue weighted by Gasteiger charge is 2.42. The number of methoxy groups -OCH3 is 2. The fraction of sp³-hybridized carbons (Fsp3) is 0.600. The van der Waals surface area contributed by atoms with Gasteiger partial charge in [-0.05, 0) is 64.5 Å². The van der Waals surface area contributed by atoms with Crippen LogP contribution in [-0.4, -0.2) is 45.5 Å². The van der Waals surface area contributed by atoms with Crippen molar-refractivity contribution < 1.29 is 18.9 Å². The molecule has 0 saturated carbocycles. The van der Waals surface area contributed by atoms with Gasteiger partial charge in [-0.2, -0.15) is 0 Å². The number of benzene rings is 2. The van der Waals surface area contributed by atoms with E-state index in [1.165, 1.54) is 33.1 Å². The molecule has 2 aliphatic rings. The average molecular weight is 499 g/mol. The van der Waals surface area contributed by atoms with Crippen molar-refractivity contribution in [1.29, 1.82) is 0 Å². The van der Waals surface area contributed by atoms with Crippen molar-refractivity contribution in [1.82, 2.24) is 0 Å². The molecule has 2 aliphatic heterocycles. The highest BCUT2D eigenvalue weighted by Crippen LogP contribution is 2.53. The molecule has 4 nitrogen and oxygen atoms in total. The van der Waals surface area contributed by atoms with E-state index in [4.69, 9.17) is 18.9 Å². The van der Waals surface area contributed by atoms with Crippen LogP contribution < -0.4 is 14.8 Å². The van der Waals surface area contributed by atoms with Crippen LogP contribution in [0.15, 0.2) is 24.3 Å². The standard InChI is InChI=1S/C30H43O4P/c1-19(2)22-17-23(20(3)4)27(24(18-22)21(5)6)28-25(31-7)9-10-26(32-8)29(28)35-15-11-30(12-16-35)33-13-14-34-30/h9-10,17-21H,11-16H2,1-8H3.